The summed E-state index contributed by atoms with van der Waals surface area (Å²) in [5.41, 5.74) is 0.243. The van der Waals surface area contributed by atoms with E-state index in [-0.39, 0.29) is 5.57 Å². The molecule has 0 aromatic carbocycles. The zero-order valence-corrected chi connectivity index (χ0v) is 13.6. The van der Waals surface area contributed by atoms with Crippen LogP contribution in [-0.4, -0.2) is 44.1 Å². The average Bonchev–Trinajstić information content (AvgIpc) is 2.42. The second-order valence-electron chi connectivity index (χ2n) is 5.32. The Morgan fingerprint density at radius 3 is 1.73 bits per heavy atom. The van der Waals surface area contributed by atoms with Crippen molar-refractivity contribution < 1.29 is 30.3 Å². The normalized spacial score (nSPS) is 10.5. The molecule has 0 aliphatic heterocycles. The second kappa shape index (κ2) is 16.4. The summed E-state index contributed by atoms with van der Waals surface area (Å²) in [5, 5.41) is 42.2. The van der Waals surface area contributed by atoms with Crippen molar-refractivity contribution >= 4 is 5.97 Å². The first kappa shape index (κ1) is 23.3. The van der Waals surface area contributed by atoms with Gasteiger partial charge in [-0.3, -0.25) is 0 Å². The maximum atomic E-state index is 10.3. The summed E-state index contributed by atoms with van der Waals surface area (Å²) in [7, 11) is 0. The van der Waals surface area contributed by atoms with Gasteiger partial charge in [0.2, 0.25) is 0 Å². The van der Waals surface area contributed by atoms with Crippen LogP contribution in [0.15, 0.2) is 12.2 Å². The lowest BCUT2D eigenvalue weighted by Crippen LogP contribution is -2.03. The van der Waals surface area contributed by atoms with Gasteiger partial charge in [0, 0.05) is 5.57 Å². The molecular formula is C16H32O6. The summed E-state index contributed by atoms with van der Waals surface area (Å²) < 4.78 is 0. The van der Waals surface area contributed by atoms with E-state index in [0.717, 1.165) is 44.9 Å². The second-order valence-corrected chi connectivity index (χ2v) is 5.32. The minimum absolute atomic E-state index is 0.243. The largest absolute Gasteiger partial charge is 0.478 e. The molecule has 0 radical (unpaired) electrons. The molecule has 0 atom stereocenters. The molecule has 0 aromatic heterocycles. The highest BCUT2D eigenvalue weighted by Crippen LogP contribution is 2.10. The van der Waals surface area contributed by atoms with E-state index in [9.17, 15) is 4.79 Å². The van der Waals surface area contributed by atoms with Crippen LogP contribution in [0.1, 0.15) is 71.1 Å². The Labute approximate surface area is 133 Å². The maximum absolute atomic E-state index is 10.3. The number of hydrogen-bond acceptors (Lipinski definition) is 5. The van der Waals surface area contributed by atoms with Crippen LogP contribution in [0.2, 0.25) is 0 Å². The SMILES string of the molecule is C=C(CCCCCCC(O)O)C(=O)O.CCCCCC(O)O. The van der Waals surface area contributed by atoms with Gasteiger partial charge in [-0.25, -0.2) is 4.79 Å². The molecule has 0 aliphatic carbocycles. The van der Waals surface area contributed by atoms with E-state index >= 15 is 0 Å². The van der Waals surface area contributed by atoms with E-state index in [4.69, 9.17) is 25.5 Å². The Morgan fingerprint density at radius 1 is 0.864 bits per heavy atom. The van der Waals surface area contributed by atoms with Crippen LogP contribution in [0.4, 0.5) is 0 Å². The Kier molecular flexibility index (Phi) is 17.4. The van der Waals surface area contributed by atoms with E-state index in [1.807, 2.05) is 0 Å². The van der Waals surface area contributed by atoms with Crippen molar-refractivity contribution in [2.24, 2.45) is 0 Å². The molecule has 0 aliphatic rings. The molecule has 0 saturated carbocycles. The van der Waals surface area contributed by atoms with Gasteiger partial charge in [-0.15, -0.1) is 0 Å². The summed E-state index contributed by atoms with van der Waals surface area (Å²) in [6.07, 6.45) is 5.61. The van der Waals surface area contributed by atoms with Crippen molar-refractivity contribution in [1.29, 1.82) is 0 Å². The molecule has 0 amide bonds. The molecule has 22 heavy (non-hydrogen) atoms. The van der Waals surface area contributed by atoms with E-state index < -0.39 is 18.5 Å². The molecule has 0 unspecified atom stereocenters. The van der Waals surface area contributed by atoms with E-state index in [1.54, 1.807) is 0 Å². The van der Waals surface area contributed by atoms with Crippen molar-refractivity contribution in [3.05, 3.63) is 12.2 Å². The monoisotopic (exact) mass is 320 g/mol. The fourth-order valence-electron chi connectivity index (χ4n) is 1.70. The van der Waals surface area contributed by atoms with Crippen LogP contribution in [0.25, 0.3) is 0 Å². The molecule has 0 saturated heterocycles. The maximum Gasteiger partial charge on any atom is 0.330 e. The molecule has 6 heteroatoms. The smallest absolute Gasteiger partial charge is 0.330 e. The molecule has 0 rings (SSSR count). The summed E-state index contributed by atoms with van der Waals surface area (Å²) in [6.45, 7) is 5.51. The minimum Gasteiger partial charge on any atom is -0.478 e. The van der Waals surface area contributed by atoms with Crippen LogP contribution in [0.5, 0.6) is 0 Å². The van der Waals surface area contributed by atoms with Gasteiger partial charge >= 0.3 is 5.97 Å². The number of hydrogen-bond donors (Lipinski definition) is 5. The number of carboxylic acid groups (broad SMARTS) is 1. The highest BCUT2D eigenvalue weighted by Gasteiger charge is 2.03. The summed E-state index contributed by atoms with van der Waals surface area (Å²) in [4.78, 5) is 10.3. The molecule has 0 bridgehead atoms. The average molecular weight is 320 g/mol. The highest BCUT2D eigenvalue weighted by atomic mass is 16.5. The zero-order valence-electron chi connectivity index (χ0n) is 13.6. The van der Waals surface area contributed by atoms with Gasteiger partial charge < -0.3 is 25.5 Å². The number of aliphatic hydroxyl groups excluding tert-OH is 2. The van der Waals surface area contributed by atoms with Crippen molar-refractivity contribution in [1.82, 2.24) is 0 Å². The van der Waals surface area contributed by atoms with Crippen LogP contribution < -0.4 is 0 Å². The standard InChI is InChI=1S/C10H18O4.C6H14O2/c1-8(10(13)14)6-4-2-3-5-7-9(11)12;1-2-3-4-5-6(7)8/h9,11-12H,1-7H2,(H,13,14);6-8H,2-5H2,1H3. The number of carboxylic acids is 1. The van der Waals surface area contributed by atoms with Crippen LogP contribution in [0.3, 0.4) is 0 Å². The Hall–Kier alpha value is -0.950. The van der Waals surface area contributed by atoms with Crippen LogP contribution >= 0.6 is 0 Å². The van der Waals surface area contributed by atoms with Crippen LogP contribution in [-0.2, 0) is 4.79 Å². The predicted molar refractivity (Wildman–Crippen MR) is 85.1 cm³/mol. The van der Waals surface area contributed by atoms with Gasteiger partial charge in [0.15, 0.2) is 12.6 Å². The van der Waals surface area contributed by atoms with E-state index in [1.165, 1.54) is 0 Å². The molecule has 5 N–H and O–H groups in total. The molecule has 0 spiro atoms. The third-order valence-corrected chi connectivity index (χ3v) is 3.06. The van der Waals surface area contributed by atoms with Gasteiger partial charge in [-0.1, -0.05) is 39.2 Å². The molecule has 0 heterocycles. The summed E-state index contributed by atoms with van der Waals surface area (Å²) in [6, 6.07) is 0. The van der Waals surface area contributed by atoms with E-state index in [0.29, 0.717) is 19.3 Å². The molecule has 6 nitrogen and oxygen atoms in total. The fourth-order valence-corrected chi connectivity index (χ4v) is 1.70. The van der Waals surface area contributed by atoms with Gasteiger partial charge in [-0.2, -0.15) is 0 Å². The number of carbonyl (C=O) groups is 1. The summed E-state index contributed by atoms with van der Waals surface area (Å²) >= 11 is 0. The Bertz CT molecular complexity index is 276. The molecule has 132 valence electrons. The predicted octanol–water partition coefficient (Wildman–Crippen LogP) is 2.16. The van der Waals surface area contributed by atoms with E-state index in [2.05, 4.69) is 13.5 Å². The van der Waals surface area contributed by atoms with Gasteiger partial charge in [0.05, 0.1) is 0 Å². The van der Waals surface area contributed by atoms with Crippen LogP contribution in [0, 0.1) is 0 Å². The molecular weight excluding hydrogens is 288 g/mol. The number of aliphatic carboxylic acids is 1. The lowest BCUT2D eigenvalue weighted by Gasteiger charge is -2.03. The third-order valence-electron chi connectivity index (χ3n) is 3.06. The lowest BCUT2D eigenvalue weighted by molar-refractivity contribution is -0.132. The highest BCUT2D eigenvalue weighted by molar-refractivity contribution is 5.85. The Balaban J connectivity index is 0. The van der Waals surface area contributed by atoms with Crippen molar-refractivity contribution in [3.8, 4) is 0 Å². The van der Waals surface area contributed by atoms with Crippen molar-refractivity contribution in [2.75, 3.05) is 0 Å². The first-order valence-electron chi connectivity index (χ1n) is 7.94. The van der Waals surface area contributed by atoms with Gasteiger partial charge in [-0.05, 0) is 38.5 Å². The van der Waals surface area contributed by atoms with Gasteiger partial charge in [0.1, 0.15) is 0 Å². The number of unbranched alkanes of at least 4 members (excludes halogenated alkanes) is 5. The quantitative estimate of drug-likeness (QED) is 0.214. The topological polar surface area (TPSA) is 118 Å². The lowest BCUT2D eigenvalue weighted by atomic mass is 10.1. The Morgan fingerprint density at radius 2 is 1.32 bits per heavy atom. The molecule has 0 aromatic rings. The number of aliphatic hydroxyl groups is 4. The first-order valence-corrected chi connectivity index (χ1v) is 7.94. The van der Waals surface area contributed by atoms with Gasteiger partial charge in [0.25, 0.3) is 0 Å². The zero-order chi connectivity index (χ0) is 17.4. The fraction of sp³-hybridized carbons (Fsp3) is 0.812. The van der Waals surface area contributed by atoms with Crippen molar-refractivity contribution in [2.45, 2.75) is 83.7 Å². The molecule has 0 fully saturated rings. The third kappa shape index (κ3) is 21.4. The van der Waals surface area contributed by atoms with Crippen molar-refractivity contribution in [3.63, 3.8) is 0 Å². The first-order chi connectivity index (χ1) is 10.3. The summed E-state index contributed by atoms with van der Waals surface area (Å²) in [5.74, 6) is -0.934. The number of rotatable bonds is 12. The minimum atomic E-state index is -1.22.